The van der Waals surface area contributed by atoms with E-state index in [1.807, 2.05) is 0 Å². The first-order valence-corrected chi connectivity index (χ1v) is 7.48. The van der Waals surface area contributed by atoms with Crippen molar-refractivity contribution < 1.29 is 0 Å². The molecule has 106 valence electrons. The molecule has 0 amide bonds. The summed E-state index contributed by atoms with van der Waals surface area (Å²) in [6.45, 7) is 12.0. The van der Waals surface area contributed by atoms with E-state index < -0.39 is 0 Å². The molecule has 2 N–H and O–H groups in total. The Bertz CT molecular complexity index is 427. The highest BCUT2D eigenvalue weighted by Gasteiger charge is 2.11. The van der Waals surface area contributed by atoms with Gasteiger partial charge < -0.3 is 5.73 Å². The smallest absolute Gasteiger partial charge is 0.00743 e. The molecule has 1 aromatic rings. The average molecular weight is 259 g/mol. The molecule has 0 saturated carbocycles. The Morgan fingerprint density at radius 1 is 1.21 bits per heavy atom. The van der Waals surface area contributed by atoms with E-state index in [9.17, 15) is 0 Å². The molecule has 0 atom stereocenters. The molecule has 0 bridgehead atoms. The zero-order valence-corrected chi connectivity index (χ0v) is 13.2. The van der Waals surface area contributed by atoms with Crippen molar-refractivity contribution in [2.24, 2.45) is 11.7 Å². The topological polar surface area (TPSA) is 26.0 Å². The maximum atomic E-state index is 5.59. The van der Waals surface area contributed by atoms with Gasteiger partial charge in [-0.3, -0.25) is 0 Å². The van der Waals surface area contributed by atoms with E-state index in [0.29, 0.717) is 11.8 Å². The van der Waals surface area contributed by atoms with Crippen LogP contribution in [0.5, 0.6) is 0 Å². The van der Waals surface area contributed by atoms with Gasteiger partial charge in [-0.05, 0) is 60.4 Å². The second-order valence-corrected chi connectivity index (χ2v) is 5.97. The van der Waals surface area contributed by atoms with Gasteiger partial charge in [0.15, 0.2) is 0 Å². The Morgan fingerprint density at radius 2 is 1.89 bits per heavy atom. The van der Waals surface area contributed by atoms with Crippen LogP contribution in [0.3, 0.4) is 0 Å². The first-order chi connectivity index (χ1) is 8.97. The maximum absolute atomic E-state index is 5.59. The molecular weight excluding hydrogens is 230 g/mol. The fraction of sp³-hybridized carbons (Fsp3) is 0.556. The molecule has 1 heteroatoms. The molecule has 0 spiro atoms. The van der Waals surface area contributed by atoms with Crippen LogP contribution in [0.2, 0.25) is 0 Å². The molecule has 1 rings (SSSR count). The van der Waals surface area contributed by atoms with E-state index in [4.69, 9.17) is 5.73 Å². The van der Waals surface area contributed by atoms with E-state index >= 15 is 0 Å². The van der Waals surface area contributed by atoms with Crippen LogP contribution in [0, 0.1) is 12.8 Å². The molecule has 0 radical (unpaired) electrons. The molecule has 0 fully saturated rings. The fourth-order valence-corrected chi connectivity index (χ4v) is 2.34. The van der Waals surface area contributed by atoms with Crippen molar-refractivity contribution >= 4 is 5.57 Å². The van der Waals surface area contributed by atoms with E-state index in [0.717, 1.165) is 19.4 Å². The number of aryl methyl sites for hydroxylation is 1. The van der Waals surface area contributed by atoms with Crippen molar-refractivity contribution in [2.75, 3.05) is 6.54 Å². The summed E-state index contributed by atoms with van der Waals surface area (Å²) in [6.07, 6.45) is 4.53. The highest BCUT2D eigenvalue weighted by Crippen LogP contribution is 2.29. The number of nitrogens with two attached hydrogens (primary N) is 1. The minimum absolute atomic E-state index is 0.555. The third-order valence-electron chi connectivity index (χ3n) is 3.63. The lowest BCUT2D eigenvalue weighted by molar-refractivity contribution is 0.820. The molecule has 0 aliphatic carbocycles. The summed E-state index contributed by atoms with van der Waals surface area (Å²) in [4.78, 5) is 0. The number of rotatable bonds is 6. The van der Waals surface area contributed by atoms with Gasteiger partial charge in [-0.2, -0.15) is 0 Å². The normalized spacial score (nSPS) is 12.5. The molecule has 0 aliphatic rings. The molecular formula is C18H29N. The summed E-state index contributed by atoms with van der Waals surface area (Å²) in [5.74, 6) is 1.13. The van der Waals surface area contributed by atoms with Crippen LogP contribution in [0.15, 0.2) is 24.3 Å². The largest absolute Gasteiger partial charge is 0.330 e. The molecule has 19 heavy (non-hydrogen) atoms. The summed E-state index contributed by atoms with van der Waals surface area (Å²) in [7, 11) is 0. The second kappa shape index (κ2) is 7.49. The van der Waals surface area contributed by atoms with Crippen LogP contribution < -0.4 is 5.73 Å². The van der Waals surface area contributed by atoms with Crippen LogP contribution in [-0.4, -0.2) is 6.54 Å². The molecule has 0 unspecified atom stereocenters. The van der Waals surface area contributed by atoms with Gasteiger partial charge >= 0.3 is 0 Å². The van der Waals surface area contributed by atoms with Crippen molar-refractivity contribution in [3.63, 3.8) is 0 Å². The summed E-state index contributed by atoms with van der Waals surface area (Å²) in [5, 5.41) is 0. The van der Waals surface area contributed by atoms with Crippen molar-refractivity contribution in [2.45, 2.75) is 53.4 Å². The number of benzene rings is 1. The number of allylic oxidation sites excluding steroid dienone is 2. The minimum Gasteiger partial charge on any atom is -0.330 e. The van der Waals surface area contributed by atoms with Crippen LogP contribution in [-0.2, 0) is 0 Å². The Labute approximate surface area is 118 Å². The van der Waals surface area contributed by atoms with Gasteiger partial charge in [0.05, 0.1) is 0 Å². The average Bonchev–Trinajstić information content (AvgIpc) is 2.35. The minimum atomic E-state index is 0.555. The quantitative estimate of drug-likeness (QED) is 0.723. The lowest BCUT2D eigenvalue weighted by Gasteiger charge is -2.17. The Kier molecular flexibility index (Phi) is 6.30. The first-order valence-electron chi connectivity index (χ1n) is 7.48. The van der Waals surface area contributed by atoms with Crippen LogP contribution in [0.4, 0.5) is 0 Å². The lowest BCUT2D eigenvalue weighted by Crippen LogP contribution is -2.01. The zero-order valence-electron chi connectivity index (χ0n) is 13.2. The third-order valence-corrected chi connectivity index (χ3v) is 3.63. The van der Waals surface area contributed by atoms with Crippen molar-refractivity contribution in [1.82, 2.24) is 0 Å². The SMILES string of the molecule is Cc1ccc(C(C)C)cc1/C(=C/CCCN)C(C)C. The number of hydrogen-bond acceptors (Lipinski definition) is 1. The Balaban J connectivity index is 3.14. The van der Waals surface area contributed by atoms with Crippen LogP contribution in [0.25, 0.3) is 5.57 Å². The van der Waals surface area contributed by atoms with Crippen molar-refractivity contribution in [3.8, 4) is 0 Å². The standard InChI is InChI=1S/C18H29N/c1-13(2)16-10-9-15(5)18(12-16)17(14(3)4)8-6-7-11-19/h8-10,12-14H,6-7,11,19H2,1-5H3/b17-8+. The third kappa shape index (κ3) is 4.50. The van der Waals surface area contributed by atoms with E-state index in [1.54, 1.807) is 0 Å². The van der Waals surface area contributed by atoms with E-state index in [2.05, 4.69) is 58.9 Å². The number of unbranched alkanes of at least 4 members (excludes halogenated alkanes) is 1. The van der Waals surface area contributed by atoms with Crippen molar-refractivity contribution in [1.29, 1.82) is 0 Å². The van der Waals surface area contributed by atoms with Crippen LogP contribution >= 0.6 is 0 Å². The highest BCUT2D eigenvalue weighted by atomic mass is 14.5. The lowest BCUT2D eigenvalue weighted by atomic mass is 9.88. The van der Waals surface area contributed by atoms with E-state index in [-0.39, 0.29) is 0 Å². The van der Waals surface area contributed by atoms with Gasteiger partial charge in [-0.15, -0.1) is 0 Å². The Morgan fingerprint density at radius 3 is 2.42 bits per heavy atom. The first kappa shape index (κ1) is 16.0. The Hall–Kier alpha value is -1.08. The second-order valence-electron chi connectivity index (χ2n) is 5.97. The highest BCUT2D eigenvalue weighted by molar-refractivity contribution is 5.70. The fourth-order valence-electron chi connectivity index (χ4n) is 2.34. The van der Waals surface area contributed by atoms with Crippen LogP contribution in [0.1, 0.15) is 63.1 Å². The predicted octanol–water partition coefficient (Wildman–Crippen LogP) is 4.90. The summed E-state index contributed by atoms with van der Waals surface area (Å²) in [5.41, 5.74) is 11.3. The monoisotopic (exact) mass is 259 g/mol. The molecule has 1 aromatic carbocycles. The van der Waals surface area contributed by atoms with Gasteiger partial charge in [0.1, 0.15) is 0 Å². The molecule has 0 heterocycles. The number of hydrogen-bond donors (Lipinski definition) is 1. The van der Waals surface area contributed by atoms with Gasteiger partial charge in [-0.1, -0.05) is 52.0 Å². The van der Waals surface area contributed by atoms with Gasteiger partial charge in [0.25, 0.3) is 0 Å². The molecule has 0 aliphatic heterocycles. The van der Waals surface area contributed by atoms with Gasteiger partial charge in [0.2, 0.25) is 0 Å². The zero-order chi connectivity index (χ0) is 14.4. The van der Waals surface area contributed by atoms with Gasteiger partial charge in [-0.25, -0.2) is 0 Å². The predicted molar refractivity (Wildman–Crippen MR) is 86.4 cm³/mol. The molecule has 1 nitrogen and oxygen atoms in total. The van der Waals surface area contributed by atoms with E-state index in [1.165, 1.54) is 22.3 Å². The molecule has 0 aromatic heterocycles. The summed E-state index contributed by atoms with van der Waals surface area (Å²) < 4.78 is 0. The molecule has 0 saturated heterocycles. The summed E-state index contributed by atoms with van der Waals surface area (Å²) in [6, 6.07) is 6.87. The van der Waals surface area contributed by atoms with Crippen molar-refractivity contribution in [3.05, 3.63) is 41.0 Å². The maximum Gasteiger partial charge on any atom is -0.00743 e. The van der Waals surface area contributed by atoms with Gasteiger partial charge in [0, 0.05) is 0 Å². The summed E-state index contributed by atoms with van der Waals surface area (Å²) >= 11 is 0.